The average molecular weight is 255 g/mol. The zero-order chi connectivity index (χ0) is 12.4. The van der Waals surface area contributed by atoms with Gasteiger partial charge in [0.25, 0.3) is 0 Å². The van der Waals surface area contributed by atoms with Crippen LogP contribution in [0.15, 0.2) is 24.3 Å². The molecule has 90 valence electrons. The van der Waals surface area contributed by atoms with Gasteiger partial charge in [-0.25, -0.2) is 0 Å². The Morgan fingerprint density at radius 2 is 1.69 bits per heavy atom. The SMILES string of the molecule is Nc1ccc(OS(=O)(=O)CC(F)(F)F)cc1. The van der Waals surface area contributed by atoms with Gasteiger partial charge in [-0.3, -0.25) is 0 Å². The molecule has 0 heterocycles. The van der Waals surface area contributed by atoms with Crippen LogP contribution in [0.25, 0.3) is 0 Å². The summed E-state index contributed by atoms with van der Waals surface area (Å²) >= 11 is 0. The van der Waals surface area contributed by atoms with Crippen molar-refractivity contribution in [2.45, 2.75) is 6.18 Å². The minimum Gasteiger partial charge on any atom is -0.399 e. The summed E-state index contributed by atoms with van der Waals surface area (Å²) in [5.74, 6) is -2.23. The summed E-state index contributed by atoms with van der Waals surface area (Å²) in [6, 6.07) is 4.98. The molecule has 1 aromatic rings. The fourth-order valence-corrected chi connectivity index (χ4v) is 1.76. The van der Waals surface area contributed by atoms with E-state index < -0.39 is 22.0 Å². The molecule has 0 aliphatic heterocycles. The molecule has 0 spiro atoms. The lowest BCUT2D eigenvalue weighted by molar-refractivity contribution is -0.107. The molecule has 2 N–H and O–H groups in total. The van der Waals surface area contributed by atoms with E-state index in [9.17, 15) is 21.6 Å². The van der Waals surface area contributed by atoms with Crippen LogP contribution in [-0.2, 0) is 10.1 Å². The van der Waals surface area contributed by atoms with E-state index >= 15 is 0 Å². The highest BCUT2D eigenvalue weighted by atomic mass is 32.2. The first kappa shape index (κ1) is 12.6. The Morgan fingerprint density at radius 3 is 2.12 bits per heavy atom. The lowest BCUT2D eigenvalue weighted by Crippen LogP contribution is -2.26. The molecule has 0 aromatic heterocycles. The monoisotopic (exact) mass is 255 g/mol. The standard InChI is InChI=1S/C8H8F3NO3S/c9-8(10,11)5-16(13,14)15-7-3-1-6(12)2-4-7/h1-4H,5,12H2. The first-order chi connectivity index (χ1) is 7.18. The molecule has 0 fully saturated rings. The van der Waals surface area contributed by atoms with Gasteiger partial charge in [0.1, 0.15) is 5.75 Å². The summed E-state index contributed by atoms with van der Waals surface area (Å²) in [5.41, 5.74) is 5.65. The van der Waals surface area contributed by atoms with E-state index in [2.05, 4.69) is 4.18 Å². The second-order valence-electron chi connectivity index (χ2n) is 2.97. The van der Waals surface area contributed by atoms with Crippen molar-refractivity contribution in [3.63, 3.8) is 0 Å². The molecule has 16 heavy (non-hydrogen) atoms. The highest BCUT2D eigenvalue weighted by Crippen LogP contribution is 2.21. The van der Waals surface area contributed by atoms with Gasteiger partial charge >= 0.3 is 16.3 Å². The zero-order valence-corrected chi connectivity index (χ0v) is 8.68. The Morgan fingerprint density at radius 1 is 1.19 bits per heavy atom. The Kier molecular flexibility index (Phi) is 3.32. The molecule has 8 heteroatoms. The average Bonchev–Trinajstić information content (AvgIpc) is 2.04. The number of anilines is 1. The molecular weight excluding hydrogens is 247 g/mol. The summed E-state index contributed by atoms with van der Waals surface area (Å²) in [6.07, 6.45) is -4.83. The number of halogens is 3. The van der Waals surface area contributed by atoms with E-state index in [4.69, 9.17) is 5.73 Å². The van der Waals surface area contributed by atoms with Crippen molar-refractivity contribution in [2.24, 2.45) is 0 Å². The van der Waals surface area contributed by atoms with Crippen LogP contribution in [0.2, 0.25) is 0 Å². The Hall–Kier alpha value is -1.44. The Labute approximate surface area is 89.9 Å². The zero-order valence-electron chi connectivity index (χ0n) is 7.86. The van der Waals surface area contributed by atoms with Gasteiger partial charge in [-0.1, -0.05) is 0 Å². The highest BCUT2D eigenvalue weighted by Gasteiger charge is 2.36. The minimum absolute atomic E-state index is 0.210. The van der Waals surface area contributed by atoms with Gasteiger partial charge in [-0.15, -0.1) is 0 Å². The molecule has 0 saturated carbocycles. The molecule has 0 aliphatic carbocycles. The third kappa shape index (κ3) is 4.39. The van der Waals surface area contributed by atoms with Gasteiger partial charge < -0.3 is 9.92 Å². The fraction of sp³-hybridized carbons (Fsp3) is 0.250. The fourth-order valence-electron chi connectivity index (χ4n) is 0.900. The largest absolute Gasteiger partial charge is 0.406 e. The predicted molar refractivity (Wildman–Crippen MR) is 51.3 cm³/mol. The molecule has 0 radical (unpaired) electrons. The smallest absolute Gasteiger partial charge is 0.399 e. The van der Waals surface area contributed by atoms with E-state index in [0.29, 0.717) is 5.69 Å². The summed E-state index contributed by atoms with van der Waals surface area (Å²) < 4.78 is 61.6. The van der Waals surface area contributed by atoms with Crippen molar-refractivity contribution >= 4 is 15.8 Å². The van der Waals surface area contributed by atoms with Crippen LogP contribution in [0.4, 0.5) is 18.9 Å². The summed E-state index contributed by atoms with van der Waals surface area (Å²) in [4.78, 5) is 0. The van der Waals surface area contributed by atoms with Gasteiger partial charge in [0.15, 0.2) is 5.75 Å². The maximum Gasteiger partial charge on any atom is 0.406 e. The maximum absolute atomic E-state index is 11.8. The number of nitrogen functional groups attached to an aromatic ring is 1. The molecule has 1 aromatic carbocycles. The van der Waals surface area contributed by atoms with Crippen molar-refractivity contribution in [2.75, 3.05) is 11.5 Å². The second kappa shape index (κ2) is 4.20. The van der Waals surface area contributed by atoms with E-state index in [1.54, 1.807) is 0 Å². The molecule has 1 rings (SSSR count). The van der Waals surface area contributed by atoms with Crippen LogP contribution in [0.3, 0.4) is 0 Å². The predicted octanol–water partition coefficient (Wildman–Crippen LogP) is 1.54. The van der Waals surface area contributed by atoms with Crippen molar-refractivity contribution in [3.8, 4) is 5.75 Å². The molecule has 4 nitrogen and oxygen atoms in total. The van der Waals surface area contributed by atoms with Crippen LogP contribution in [0, 0.1) is 0 Å². The molecule has 0 aliphatic rings. The van der Waals surface area contributed by atoms with Gasteiger partial charge in [0.05, 0.1) is 0 Å². The number of benzene rings is 1. The van der Waals surface area contributed by atoms with Crippen LogP contribution in [0.1, 0.15) is 0 Å². The van der Waals surface area contributed by atoms with E-state index in [1.807, 2.05) is 0 Å². The first-order valence-corrected chi connectivity index (χ1v) is 5.60. The summed E-state index contributed by atoms with van der Waals surface area (Å²) in [6.45, 7) is 0. The van der Waals surface area contributed by atoms with Crippen LogP contribution >= 0.6 is 0 Å². The third-order valence-electron chi connectivity index (χ3n) is 1.44. The number of hydrogen-bond donors (Lipinski definition) is 1. The van der Waals surface area contributed by atoms with E-state index in [1.165, 1.54) is 24.3 Å². The molecule has 0 unspecified atom stereocenters. The summed E-state index contributed by atoms with van der Waals surface area (Å²) in [5, 5.41) is 0. The molecular formula is C8H8F3NO3S. The number of hydrogen-bond acceptors (Lipinski definition) is 4. The normalized spacial score (nSPS) is 12.4. The molecule has 0 atom stereocenters. The van der Waals surface area contributed by atoms with Crippen LogP contribution in [0.5, 0.6) is 5.75 Å². The van der Waals surface area contributed by atoms with Crippen molar-refractivity contribution in [3.05, 3.63) is 24.3 Å². The maximum atomic E-state index is 11.8. The van der Waals surface area contributed by atoms with E-state index in [-0.39, 0.29) is 5.75 Å². The Balaban J connectivity index is 2.77. The van der Waals surface area contributed by atoms with Crippen molar-refractivity contribution in [1.29, 1.82) is 0 Å². The van der Waals surface area contributed by atoms with Gasteiger partial charge in [-0.05, 0) is 24.3 Å². The van der Waals surface area contributed by atoms with Crippen LogP contribution in [-0.4, -0.2) is 20.3 Å². The van der Waals surface area contributed by atoms with Crippen molar-refractivity contribution < 1.29 is 25.8 Å². The first-order valence-electron chi connectivity index (χ1n) is 4.02. The lowest BCUT2D eigenvalue weighted by Gasteiger charge is -2.09. The molecule has 0 amide bonds. The van der Waals surface area contributed by atoms with Gasteiger partial charge in [-0.2, -0.15) is 21.6 Å². The number of alkyl halides is 3. The topological polar surface area (TPSA) is 69.4 Å². The number of rotatable bonds is 3. The van der Waals surface area contributed by atoms with Crippen LogP contribution < -0.4 is 9.92 Å². The Bertz CT molecular complexity index is 452. The minimum atomic E-state index is -4.83. The van der Waals surface area contributed by atoms with Gasteiger partial charge in [0, 0.05) is 5.69 Å². The third-order valence-corrected chi connectivity index (χ3v) is 2.57. The lowest BCUT2D eigenvalue weighted by atomic mass is 10.3. The van der Waals surface area contributed by atoms with Gasteiger partial charge in [0.2, 0.25) is 0 Å². The molecule has 0 saturated heterocycles. The number of nitrogens with two attached hydrogens (primary N) is 1. The molecule has 0 bridgehead atoms. The van der Waals surface area contributed by atoms with E-state index in [0.717, 1.165) is 0 Å². The summed E-state index contributed by atoms with van der Waals surface area (Å²) in [7, 11) is -4.67. The highest BCUT2D eigenvalue weighted by molar-refractivity contribution is 7.87. The van der Waals surface area contributed by atoms with Crippen molar-refractivity contribution in [1.82, 2.24) is 0 Å². The quantitative estimate of drug-likeness (QED) is 0.657. The second-order valence-corrected chi connectivity index (χ2v) is 4.54.